The van der Waals surface area contributed by atoms with Crippen LogP contribution in [0.3, 0.4) is 0 Å². The van der Waals surface area contributed by atoms with Gasteiger partial charge in [-0.3, -0.25) is 0 Å². The normalized spacial score (nSPS) is 11.6. The van der Waals surface area contributed by atoms with Crippen LogP contribution in [-0.4, -0.2) is 34.4 Å². The molecule has 0 fully saturated rings. The second kappa shape index (κ2) is 4.80. The third-order valence-electron chi connectivity index (χ3n) is 2.02. The monoisotopic (exact) mass is 272 g/mol. The lowest BCUT2D eigenvalue weighted by atomic mass is 10.2. The van der Waals surface area contributed by atoms with Crippen LogP contribution >= 0.6 is 10.7 Å². The van der Waals surface area contributed by atoms with Crippen LogP contribution < -0.4 is 0 Å². The fourth-order valence-electron chi connectivity index (χ4n) is 1.23. The Morgan fingerprint density at radius 3 is 2.59 bits per heavy atom. The molecule has 90 valence electrons. The Labute approximate surface area is 103 Å². The largest absolute Gasteiger partial charge is 0.234 e. The molecule has 1 aromatic carbocycles. The molecule has 1 aromatic heterocycles. The fraction of sp³-hybridized carbons (Fsp3) is 0.222. The average molecular weight is 273 g/mol. The van der Waals surface area contributed by atoms with Crippen molar-refractivity contribution in [2.45, 2.75) is 6.54 Å². The Morgan fingerprint density at radius 2 is 1.94 bits per heavy atom. The van der Waals surface area contributed by atoms with Gasteiger partial charge in [0.15, 0.2) is 0 Å². The lowest BCUT2D eigenvalue weighted by molar-refractivity contribution is 0.542. The Morgan fingerprint density at radius 1 is 1.24 bits per heavy atom. The zero-order valence-corrected chi connectivity index (χ0v) is 10.3. The molecule has 8 heteroatoms. The maximum Gasteiger partial charge on any atom is 0.234 e. The van der Waals surface area contributed by atoms with Gasteiger partial charge >= 0.3 is 0 Å². The van der Waals surface area contributed by atoms with Gasteiger partial charge in [-0.25, -0.2) is 8.42 Å². The number of nitrogens with zero attached hydrogens (tertiary/aromatic N) is 4. The molecule has 0 saturated heterocycles. The van der Waals surface area contributed by atoms with Gasteiger partial charge in [0.25, 0.3) is 0 Å². The van der Waals surface area contributed by atoms with Crippen LogP contribution in [0.5, 0.6) is 0 Å². The molecule has 2 aromatic rings. The summed E-state index contributed by atoms with van der Waals surface area (Å²) in [5.74, 6) is 0.233. The molecule has 0 unspecified atom stereocenters. The predicted molar refractivity (Wildman–Crippen MR) is 62.9 cm³/mol. The van der Waals surface area contributed by atoms with E-state index in [0.717, 1.165) is 5.56 Å². The van der Waals surface area contributed by atoms with E-state index in [2.05, 4.69) is 15.4 Å². The van der Waals surface area contributed by atoms with Crippen molar-refractivity contribution in [3.8, 4) is 11.4 Å². The molecule has 0 spiro atoms. The Hall–Kier alpha value is -1.47. The Balaban J connectivity index is 2.12. The summed E-state index contributed by atoms with van der Waals surface area (Å²) in [6, 6.07) is 9.30. The standard InChI is InChI=1S/C9H9ClN4O2S/c10-17(15,16)7-6-14-12-9(11-13-14)8-4-2-1-3-5-8/h1-5H,6-7H2. The fourth-order valence-corrected chi connectivity index (χ4v) is 1.82. The summed E-state index contributed by atoms with van der Waals surface area (Å²) >= 11 is 0. The van der Waals surface area contributed by atoms with E-state index in [1.54, 1.807) is 0 Å². The summed E-state index contributed by atoms with van der Waals surface area (Å²) in [6.07, 6.45) is 0. The Kier molecular flexibility index (Phi) is 3.39. The van der Waals surface area contributed by atoms with E-state index in [1.165, 1.54) is 4.80 Å². The van der Waals surface area contributed by atoms with Gasteiger partial charge in [-0.2, -0.15) is 4.80 Å². The molecule has 0 N–H and O–H groups in total. The highest BCUT2D eigenvalue weighted by Crippen LogP contribution is 2.11. The minimum absolute atomic E-state index is 0.0890. The first-order valence-electron chi connectivity index (χ1n) is 4.80. The lowest BCUT2D eigenvalue weighted by Gasteiger charge is -1.95. The van der Waals surface area contributed by atoms with Crippen LogP contribution in [-0.2, 0) is 15.6 Å². The van der Waals surface area contributed by atoms with E-state index in [-0.39, 0.29) is 12.3 Å². The Bertz CT molecular complexity index is 596. The topological polar surface area (TPSA) is 77.7 Å². The first-order valence-corrected chi connectivity index (χ1v) is 7.28. The molecule has 0 aliphatic heterocycles. The van der Waals surface area contributed by atoms with Crippen LogP contribution in [0.2, 0.25) is 0 Å². The van der Waals surface area contributed by atoms with Crippen molar-refractivity contribution < 1.29 is 8.42 Å². The summed E-state index contributed by atoms with van der Waals surface area (Å²) in [5.41, 5.74) is 0.826. The van der Waals surface area contributed by atoms with Gasteiger partial charge in [0, 0.05) is 16.2 Å². The molecule has 6 nitrogen and oxygen atoms in total. The highest BCUT2D eigenvalue weighted by atomic mass is 35.7. The average Bonchev–Trinajstić information content (AvgIpc) is 2.75. The maximum atomic E-state index is 10.8. The summed E-state index contributed by atoms with van der Waals surface area (Å²) in [5, 5.41) is 11.6. The lowest BCUT2D eigenvalue weighted by Crippen LogP contribution is -2.10. The number of hydrogen-bond donors (Lipinski definition) is 0. The number of aryl methyl sites for hydroxylation is 1. The summed E-state index contributed by atoms with van der Waals surface area (Å²) in [4.78, 5) is 1.21. The van der Waals surface area contributed by atoms with Gasteiger partial charge in [-0.1, -0.05) is 30.3 Å². The SMILES string of the molecule is O=S(=O)(Cl)CCn1nnc(-c2ccccc2)n1. The van der Waals surface area contributed by atoms with Gasteiger partial charge in [0.2, 0.25) is 14.9 Å². The van der Waals surface area contributed by atoms with Crippen molar-refractivity contribution in [2.24, 2.45) is 0 Å². The van der Waals surface area contributed by atoms with E-state index in [0.29, 0.717) is 5.82 Å². The molecule has 17 heavy (non-hydrogen) atoms. The zero-order valence-electron chi connectivity index (χ0n) is 8.69. The molecular formula is C9H9ClN4O2S. The van der Waals surface area contributed by atoms with Gasteiger partial charge in [0.1, 0.15) is 0 Å². The third kappa shape index (κ3) is 3.50. The number of tetrazole rings is 1. The van der Waals surface area contributed by atoms with Crippen molar-refractivity contribution >= 4 is 19.7 Å². The number of aromatic nitrogens is 4. The van der Waals surface area contributed by atoms with Gasteiger partial charge in [0.05, 0.1) is 12.3 Å². The highest BCUT2D eigenvalue weighted by Gasteiger charge is 2.09. The van der Waals surface area contributed by atoms with E-state index >= 15 is 0 Å². The molecule has 0 saturated carbocycles. The molecule has 0 bridgehead atoms. The molecule has 0 atom stereocenters. The van der Waals surface area contributed by atoms with Crippen LogP contribution in [0.4, 0.5) is 0 Å². The molecule has 2 rings (SSSR count). The van der Waals surface area contributed by atoms with Crippen molar-refractivity contribution in [1.29, 1.82) is 0 Å². The zero-order chi connectivity index (χ0) is 12.3. The predicted octanol–water partition coefficient (Wildman–Crippen LogP) is 0.909. The van der Waals surface area contributed by atoms with Crippen LogP contribution in [0.1, 0.15) is 0 Å². The van der Waals surface area contributed by atoms with Crippen molar-refractivity contribution in [2.75, 3.05) is 5.75 Å². The van der Waals surface area contributed by atoms with E-state index in [9.17, 15) is 8.42 Å². The molecule has 0 radical (unpaired) electrons. The maximum absolute atomic E-state index is 10.8. The van der Waals surface area contributed by atoms with Crippen LogP contribution in [0.15, 0.2) is 30.3 Å². The van der Waals surface area contributed by atoms with Gasteiger partial charge in [-0.05, 0) is 5.21 Å². The van der Waals surface area contributed by atoms with E-state index < -0.39 is 9.05 Å². The first-order chi connectivity index (χ1) is 8.04. The van der Waals surface area contributed by atoms with Crippen molar-refractivity contribution in [3.05, 3.63) is 30.3 Å². The first kappa shape index (κ1) is 12.0. The molecule has 1 heterocycles. The van der Waals surface area contributed by atoms with Crippen LogP contribution in [0, 0.1) is 0 Å². The smallest absolute Gasteiger partial charge is 0.212 e. The third-order valence-corrected chi connectivity index (χ3v) is 3.15. The number of benzene rings is 1. The number of halogens is 1. The number of hydrogen-bond acceptors (Lipinski definition) is 5. The molecule has 0 aliphatic carbocycles. The second-order valence-electron chi connectivity index (χ2n) is 3.32. The summed E-state index contributed by atoms with van der Waals surface area (Å²) in [7, 11) is 1.56. The summed E-state index contributed by atoms with van der Waals surface area (Å²) in [6.45, 7) is 0.0890. The van der Waals surface area contributed by atoms with E-state index in [1.807, 2.05) is 30.3 Å². The molecule has 0 aliphatic rings. The van der Waals surface area contributed by atoms with Gasteiger partial charge < -0.3 is 0 Å². The minimum Gasteiger partial charge on any atom is -0.212 e. The van der Waals surface area contributed by atoms with Crippen molar-refractivity contribution in [1.82, 2.24) is 20.2 Å². The van der Waals surface area contributed by atoms with Crippen LogP contribution in [0.25, 0.3) is 11.4 Å². The minimum atomic E-state index is -3.53. The van der Waals surface area contributed by atoms with E-state index in [4.69, 9.17) is 10.7 Å². The highest BCUT2D eigenvalue weighted by molar-refractivity contribution is 8.13. The summed E-state index contributed by atoms with van der Waals surface area (Å²) < 4.78 is 21.5. The molecule has 0 amide bonds. The molecular weight excluding hydrogens is 264 g/mol. The number of rotatable bonds is 4. The van der Waals surface area contributed by atoms with Gasteiger partial charge in [-0.15, -0.1) is 10.2 Å². The second-order valence-corrected chi connectivity index (χ2v) is 6.21. The quantitative estimate of drug-likeness (QED) is 0.773. The van der Waals surface area contributed by atoms with Crippen molar-refractivity contribution in [3.63, 3.8) is 0 Å².